The van der Waals surface area contributed by atoms with Crippen molar-refractivity contribution in [3.8, 4) is 0 Å². The predicted molar refractivity (Wildman–Crippen MR) is 103 cm³/mol. The molecule has 0 unspecified atom stereocenters. The van der Waals surface area contributed by atoms with Crippen LogP contribution in [0.1, 0.15) is 10.4 Å². The second-order valence-corrected chi connectivity index (χ2v) is 7.46. The van der Waals surface area contributed by atoms with E-state index in [1.54, 1.807) is 30.2 Å². The number of halogens is 1. The number of pyridine rings is 1. The highest BCUT2D eigenvalue weighted by molar-refractivity contribution is 6.31. The number of carboxylic acid groups (broad SMARTS) is 1. The number of benzene rings is 1. The molecule has 0 bridgehead atoms. The van der Waals surface area contributed by atoms with Crippen LogP contribution in [0.4, 0.5) is 0 Å². The van der Waals surface area contributed by atoms with Crippen LogP contribution in [0.5, 0.6) is 0 Å². The van der Waals surface area contributed by atoms with Gasteiger partial charge in [0.05, 0.1) is 25.3 Å². The maximum absolute atomic E-state index is 13.0. The van der Waals surface area contributed by atoms with Gasteiger partial charge < -0.3 is 24.5 Å². The Hall–Kier alpha value is -2.42. The Kier molecular flexibility index (Phi) is 6.02. The zero-order valence-corrected chi connectivity index (χ0v) is 16.1. The van der Waals surface area contributed by atoms with Crippen LogP contribution < -0.4 is 5.43 Å². The molecular weight excluding hydrogens is 388 g/mol. The van der Waals surface area contributed by atoms with Crippen molar-refractivity contribution in [1.82, 2.24) is 9.88 Å². The van der Waals surface area contributed by atoms with Crippen molar-refractivity contribution in [1.29, 1.82) is 0 Å². The SMILES string of the molecule is COC[C@@]12COC[C@@H]1CN(C(=O)c1c[nH]c3cc(Cl)ccc3c1=O)C2.O=CO. The van der Waals surface area contributed by atoms with Gasteiger partial charge in [-0.15, -0.1) is 0 Å². The van der Waals surface area contributed by atoms with E-state index in [0.29, 0.717) is 48.8 Å². The molecule has 150 valence electrons. The second-order valence-electron chi connectivity index (χ2n) is 7.02. The summed E-state index contributed by atoms with van der Waals surface area (Å²) in [5.41, 5.74) is 0.339. The molecule has 2 saturated heterocycles. The summed E-state index contributed by atoms with van der Waals surface area (Å²) in [5.74, 6) is -0.00211. The van der Waals surface area contributed by atoms with Crippen molar-refractivity contribution in [2.24, 2.45) is 11.3 Å². The van der Waals surface area contributed by atoms with E-state index in [9.17, 15) is 9.59 Å². The van der Waals surface area contributed by atoms with Gasteiger partial charge in [-0.3, -0.25) is 14.4 Å². The van der Waals surface area contributed by atoms with Gasteiger partial charge in [0, 0.05) is 48.1 Å². The molecule has 0 spiro atoms. The number of hydrogen-bond acceptors (Lipinski definition) is 5. The first-order chi connectivity index (χ1) is 13.5. The summed E-state index contributed by atoms with van der Waals surface area (Å²) in [7, 11) is 1.66. The number of aromatic nitrogens is 1. The van der Waals surface area contributed by atoms with E-state index in [1.807, 2.05) is 0 Å². The lowest BCUT2D eigenvalue weighted by atomic mass is 9.82. The summed E-state index contributed by atoms with van der Waals surface area (Å²) in [4.78, 5) is 38.8. The van der Waals surface area contributed by atoms with E-state index in [4.69, 9.17) is 31.0 Å². The van der Waals surface area contributed by atoms with Crippen LogP contribution >= 0.6 is 11.6 Å². The van der Waals surface area contributed by atoms with Crippen molar-refractivity contribution in [2.75, 3.05) is 40.0 Å². The smallest absolute Gasteiger partial charge is 0.290 e. The highest BCUT2D eigenvalue weighted by Crippen LogP contribution is 2.41. The number of hydrogen-bond donors (Lipinski definition) is 2. The molecular formula is C19H21ClN2O6. The number of ether oxygens (including phenoxy) is 2. The number of nitrogens with one attached hydrogen (secondary N) is 1. The third kappa shape index (κ3) is 3.63. The lowest BCUT2D eigenvalue weighted by Gasteiger charge is -2.25. The van der Waals surface area contributed by atoms with E-state index in [0.717, 1.165) is 0 Å². The molecule has 2 aliphatic rings. The van der Waals surface area contributed by atoms with Gasteiger partial charge in [-0.25, -0.2) is 0 Å². The van der Waals surface area contributed by atoms with Gasteiger partial charge in [-0.1, -0.05) is 11.6 Å². The Morgan fingerprint density at radius 2 is 2.29 bits per heavy atom. The van der Waals surface area contributed by atoms with E-state index < -0.39 is 0 Å². The second kappa shape index (κ2) is 8.30. The van der Waals surface area contributed by atoms with Crippen LogP contribution in [0.3, 0.4) is 0 Å². The Balaban J connectivity index is 0.000000706. The number of methoxy groups -OCH3 is 1. The van der Waals surface area contributed by atoms with Crippen LogP contribution in [-0.2, 0) is 14.3 Å². The summed E-state index contributed by atoms with van der Waals surface area (Å²) in [6.07, 6.45) is 1.48. The minimum absolute atomic E-state index is 0.156. The molecule has 2 aliphatic heterocycles. The molecule has 1 amide bonds. The van der Waals surface area contributed by atoms with Crippen molar-refractivity contribution < 1.29 is 24.2 Å². The quantitative estimate of drug-likeness (QED) is 0.747. The lowest BCUT2D eigenvalue weighted by Crippen LogP contribution is -2.38. The van der Waals surface area contributed by atoms with E-state index in [2.05, 4.69) is 4.98 Å². The first-order valence-corrected chi connectivity index (χ1v) is 9.08. The van der Waals surface area contributed by atoms with Gasteiger partial charge in [-0.2, -0.15) is 0 Å². The van der Waals surface area contributed by atoms with Gasteiger partial charge in [0.15, 0.2) is 0 Å². The van der Waals surface area contributed by atoms with Crippen molar-refractivity contribution in [3.63, 3.8) is 0 Å². The number of carbonyl (C=O) groups excluding carboxylic acids is 1. The number of H-pyrrole nitrogens is 1. The third-order valence-corrected chi connectivity index (χ3v) is 5.55. The number of fused-ring (bicyclic) bond motifs is 2. The molecule has 2 aromatic rings. The normalized spacial score (nSPS) is 23.2. The van der Waals surface area contributed by atoms with Crippen molar-refractivity contribution >= 4 is 34.9 Å². The van der Waals surface area contributed by atoms with Crippen LogP contribution in [-0.4, -0.2) is 67.4 Å². The molecule has 28 heavy (non-hydrogen) atoms. The molecule has 2 atom stereocenters. The molecule has 0 aliphatic carbocycles. The maximum atomic E-state index is 13.0. The molecule has 0 radical (unpaired) electrons. The zero-order chi connectivity index (χ0) is 20.3. The van der Waals surface area contributed by atoms with Gasteiger partial charge in [0.25, 0.3) is 12.4 Å². The van der Waals surface area contributed by atoms with E-state index >= 15 is 0 Å². The average Bonchev–Trinajstić information content (AvgIpc) is 3.19. The summed E-state index contributed by atoms with van der Waals surface area (Å²) in [6, 6.07) is 4.97. The molecule has 9 heteroatoms. The van der Waals surface area contributed by atoms with E-state index in [1.165, 1.54) is 6.20 Å². The van der Waals surface area contributed by atoms with Crippen LogP contribution in [0.15, 0.2) is 29.2 Å². The molecule has 0 saturated carbocycles. The van der Waals surface area contributed by atoms with E-state index in [-0.39, 0.29) is 34.7 Å². The number of aromatic amines is 1. The fraction of sp³-hybridized carbons (Fsp3) is 0.421. The lowest BCUT2D eigenvalue weighted by molar-refractivity contribution is -0.122. The minimum Gasteiger partial charge on any atom is -0.483 e. The molecule has 4 rings (SSSR count). The van der Waals surface area contributed by atoms with Crippen LogP contribution in [0, 0.1) is 11.3 Å². The summed E-state index contributed by atoms with van der Waals surface area (Å²) in [6.45, 7) is 2.64. The van der Waals surface area contributed by atoms with Crippen molar-refractivity contribution in [2.45, 2.75) is 0 Å². The number of carbonyl (C=O) groups is 2. The molecule has 3 heterocycles. The number of amides is 1. The predicted octanol–water partition coefficient (Wildman–Crippen LogP) is 1.62. The Bertz CT molecular complexity index is 946. The molecule has 2 N–H and O–H groups in total. The highest BCUT2D eigenvalue weighted by atomic mass is 35.5. The standard InChI is InChI=1S/C18H19ClN2O4.CH2O2/c1-24-9-18-8-21(6-11(18)7-25-10-18)17(23)14-5-20-15-4-12(19)2-3-13(15)16(14)22;2-1-3/h2-5,11H,6-10H2,1H3,(H,20,22);1H,(H,2,3)/t11-,18-;/m0./s1. The monoisotopic (exact) mass is 408 g/mol. The Morgan fingerprint density at radius 3 is 3.00 bits per heavy atom. The summed E-state index contributed by atoms with van der Waals surface area (Å²) in [5, 5.41) is 7.89. The summed E-state index contributed by atoms with van der Waals surface area (Å²) < 4.78 is 11.0. The van der Waals surface area contributed by atoms with Crippen LogP contribution in [0.25, 0.3) is 10.9 Å². The fourth-order valence-electron chi connectivity index (χ4n) is 4.00. The zero-order valence-electron chi connectivity index (χ0n) is 15.3. The molecule has 1 aromatic heterocycles. The molecule has 1 aromatic carbocycles. The van der Waals surface area contributed by atoms with Gasteiger partial charge in [0.1, 0.15) is 5.56 Å². The Morgan fingerprint density at radius 1 is 1.54 bits per heavy atom. The number of rotatable bonds is 3. The maximum Gasteiger partial charge on any atom is 0.290 e. The Labute approximate surface area is 166 Å². The number of likely N-dealkylation sites (tertiary alicyclic amines) is 1. The topological polar surface area (TPSA) is 109 Å². The molecule has 2 fully saturated rings. The average molecular weight is 409 g/mol. The minimum atomic E-state index is -0.274. The largest absolute Gasteiger partial charge is 0.483 e. The first-order valence-electron chi connectivity index (χ1n) is 8.70. The summed E-state index contributed by atoms with van der Waals surface area (Å²) >= 11 is 5.96. The van der Waals surface area contributed by atoms with Gasteiger partial charge in [0.2, 0.25) is 5.43 Å². The van der Waals surface area contributed by atoms with Gasteiger partial charge >= 0.3 is 0 Å². The number of nitrogens with zero attached hydrogens (tertiary/aromatic N) is 1. The third-order valence-electron chi connectivity index (χ3n) is 5.31. The highest BCUT2D eigenvalue weighted by Gasteiger charge is 2.52. The van der Waals surface area contributed by atoms with Crippen LogP contribution in [0.2, 0.25) is 5.02 Å². The first kappa shape index (κ1) is 20.3. The van der Waals surface area contributed by atoms with Crippen molar-refractivity contribution in [3.05, 3.63) is 45.2 Å². The molecule has 8 nitrogen and oxygen atoms in total. The fourth-order valence-corrected chi connectivity index (χ4v) is 4.17. The van der Waals surface area contributed by atoms with Gasteiger partial charge in [-0.05, 0) is 18.2 Å².